The second kappa shape index (κ2) is 9.15. The van der Waals surface area contributed by atoms with Gasteiger partial charge in [-0.25, -0.2) is 4.79 Å². The molecule has 0 bridgehead atoms. The van der Waals surface area contributed by atoms with Gasteiger partial charge in [0.2, 0.25) is 5.91 Å². The molecular weight excluding hydrogens is 304 g/mol. The minimum Gasteiger partial charge on any atom is -0.368 e. The van der Waals surface area contributed by atoms with Gasteiger partial charge >= 0.3 is 6.03 Å². The number of unbranched alkanes of at least 4 members (excludes halogenated alkanes) is 2. The SMILES string of the molecule is CCCCCNC(=O)N1CCN(c2ccc(NC(C)=O)cc2)CC1. The van der Waals surface area contributed by atoms with Crippen LogP contribution >= 0.6 is 0 Å². The van der Waals surface area contributed by atoms with Crippen LogP contribution in [-0.2, 0) is 4.79 Å². The van der Waals surface area contributed by atoms with E-state index in [2.05, 4.69) is 22.5 Å². The van der Waals surface area contributed by atoms with Crippen molar-refractivity contribution in [2.75, 3.05) is 42.9 Å². The van der Waals surface area contributed by atoms with E-state index in [0.717, 1.165) is 63.4 Å². The molecule has 0 unspecified atom stereocenters. The van der Waals surface area contributed by atoms with Crippen LogP contribution in [-0.4, -0.2) is 49.6 Å². The number of urea groups is 1. The van der Waals surface area contributed by atoms with Crippen LogP contribution in [0.15, 0.2) is 24.3 Å². The Balaban J connectivity index is 1.77. The summed E-state index contributed by atoms with van der Waals surface area (Å²) in [7, 11) is 0. The second-order valence-electron chi connectivity index (χ2n) is 6.14. The average Bonchev–Trinajstić information content (AvgIpc) is 2.59. The first-order valence-electron chi connectivity index (χ1n) is 8.75. The molecule has 1 aliphatic rings. The Kier molecular flexibility index (Phi) is 6.90. The zero-order chi connectivity index (χ0) is 17.4. The molecular formula is C18H28N4O2. The number of carbonyl (C=O) groups is 2. The molecule has 6 nitrogen and oxygen atoms in total. The molecule has 6 heteroatoms. The maximum absolute atomic E-state index is 12.1. The van der Waals surface area contributed by atoms with Crippen LogP contribution in [0.25, 0.3) is 0 Å². The van der Waals surface area contributed by atoms with E-state index < -0.39 is 0 Å². The lowest BCUT2D eigenvalue weighted by atomic mass is 10.2. The molecule has 3 amide bonds. The van der Waals surface area contributed by atoms with Crippen LogP contribution in [0.3, 0.4) is 0 Å². The molecule has 0 aromatic heterocycles. The van der Waals surface area contributed by atoms with Gasteiger partial charge in [0.1, 0.15) is 0 Å². The normalized spacial score (nSPS) is 14.4. The Bertz CT molecular complexity index is 536. The zero-order valence-corrected chi connectivity index (χ0v) is 14.7. The summed E-state index contributed by atoms with van der Waals surface area (Å²) in [5, 5.41) is 5.76. The van der Waals surface area contributed by atoms with E-state index in [1.54, 1.807) is 0 Å². The fourth-order valence-corrected chi connectivity index (χ4v) is 2.81. The molecule has 1 heterocycles. The number of piperazine rings is 1. The maximum Gasteiger partial charge on any atom is 0.317 e. The summed E-state index contributed by atoms with van der Waals surface area (Å²) in [6.07, 6.45) is 3.36. The number of hydrogen-bond acceptors (Lipinski definition) is 3. The van der Waals surface area contributed by atoms with E-state index in [1.807, 2.05) is 29.2 Å². The number of hydrogen-bond donors (Lipinski definition) is 2. The largest absolute Gasteiger partial charge is 0.368 e. The lowest BCUT2D eigenvalue weighted by Gasteiger charge is -2.36. The molecule has 1 aromatic carbocycles. The van der Waals surface area contributed by atoms with Gasteiger partial charge in [0, 0.05) is 51.0 Å². The summed E-state index contributed by atoms with van der Waals surface area (Å²) >= 11 is 0. The fourth-order valence-electron chi connectivity index (χ4n) is 2.81. The van der Waals surface area contributed by atoms with Crippen LogP contribution in [0, 0.1) is 0 Å². The van der Waals surface area contributed by atoms with Crippen molar-refractivity contribution in [2.24, 2.45) is 0 Å². The van der Waals surface area contributed by atoms with E-state index in [4.69, 9.17) is 0 Å². The number of carbonyl (C=O) groups excluding carboxylic acids is 2. The standard InChI is InChI=1S/C18H28N4O2/c1-3-4-5-10-19-18(24)22-13-11-21(12-14-22)17-8-6-16(7-9-17)20-15(2)23/h6-9H,3-5,10-14H2,1-2H3,(H,19,24)(H,20,23). The number of nitrogens with one attached hydrogen (secondary N) is 2. The summed E-state index contributed by atoms with van der Waals surface area (Å²) < 4.78 is 0. The van der Waals surface area contributed by atoms with E-state index in [1.165, 1.54) is 6.92 Å². The van der Waals surface area contributed by atoms with Crippen LogP contribution < -0.4 is 15.5 Å². The third-order valence-electron chi connectivity index (χ3n) is 4.18. The Morgan fingerprint density at radius 3 is 2.29 bits per heavy atom. The smallest absolute Gasteiger partial charge is 0.317 e. The summed E-state index contributed by atoms with van der Waals surface area (Å²) in [5.74, 6) is -0.0682. The van der Waals surface area contributed by atoms with Crippen molar-refractivity contribution in [3.05, 3.63) is 24.3 Å². The molecule has 0 radical (unpaired) electrons. The Morgan fingerprint density at radius 2 is 1.71 bits per heavy atom. The quantitative estimate of drug-likeness (QED) is 0.787. The molecule has 0 saturated carbocycles. The van der Waals surface area contributed by atoms with Crippen molar-refractivity contribution in [3.8, 4) is 0 Å². The molecule has 132 valence electrons. The summed E-state index contributed by atoms with van der Waals surface area (Å²) in [6.45, 7) is 7.52. The van der Waals surface area contributed by atoms with Gasteiger partial charge < -0.3 is 20.4 Å². The third-order valence-corrected chi connectivity index (χ3v) is 4.18. The first-order valence-corrected chi connectivity index (χ1v) is 8.75. The van der Waals surface area contributed by atoms with Crippen molar-refractivity contribution in [2.45, 2.75) is 33.1 Å². The van der Waals surface area contributed by atoms with Crippen molar-refractivity contribution < 1.29 is 9.59 Å². The fraction of sp³-hybridized carbons (Fsp3) is 0.556. The maximum atomic E-state index is 12.1. The van der Waals surface area contributed by atoms with Gasteiger partial charge in [0.05, 0.1) is 0 Å². The molecule has 24 heavy (non-hydrogen) atoms. The summed E-state index contributed by atoms with van der Waals surface area (Å²) in [6, 6.07) is 7.87. The van der Waals surface area contributed by atoms with Crippen LogP contribution in [0.1, 0.15) is 33.1 Å². The Hall–Kier alpha value is -2.24. The molecule has 0 spiro atoms. The Morgan fingerprint density at radius 1 is 1.04 bits per heavy atom. The minimum absolute atomic E-state index is 0.0479. The second-order valence-corrected chi connectivity index (χ2v) is 6.14. The highest BCUT2D eigenvalue weighted by atomic mass is 16.2. The summed E-state index contributed by atoms with van der Waals surface area (Å²) in [4.78, 5) is 27.3. The average molecular weight is 332 g/mol. The van der Waals surface area contributed by atoms with Crippen LogP contribution in [0.5, 0.6) is 0 Å². The molecule has 1 fully saturated rings. The summed E-state index contributed by atoms with van der Waals surface area (Å²) in [5.41, 5.74) is 1.92. The predicted octanol–water partition coefficient (Wildman–Crippen LogP) is 2.67. The molecule has 1 saturated heterocycles. The molecule has 2 N–H and O–H groups in total. The van der Waals surface area contributed by atoms with Gasteiger partial charge in [-0.3, -0.25) is 4.79 Å². The van der Waals surface area contributed by atoms with Gasteiger partial charge in [-0.2, -0.15) is 0 Å². The highest BCUT2D eigenvalue weighted by Gasteiger charge is 2.20. The zero-order valence-electron chi connectivity index (χ0n) is 14.7. The number of rotatable bonds is 6. The van der Waals surface area contributed by atoms with Gasteiger partial charge in [0.15, 0.2) is 0 Å². The number of benzene rings is 1. The predicted molar refractivity (Wildman–Crippen MR) is 97.5 cm³/mol. The van der Waals surface area contributed by atoms with Gasteiger partial charge in [-0.1, -0.05) is 19.8 Å². The van der Waals surface area contributed by atoms with E-state index in [9.17, 15) is 9.59 Å². The van der Waals surface area contributed by atoms with E-state index in [0.29, 0.717) is 0 Å². The van der Waals surface area contributed by atoms with Crippen molar-refractivity contribution in [1.82, 2.24) is 10.2 Å². The molecule has 1 aromatic rings. The van der Waals surface area contributed by atoms with Crippen molar-refractivity contribution in [1.29, 1.82) is 0 Å². The first-order chi connectivity index (χ1) is 11.6. The molecule has 0 atom stereocenters. The van der Waals surface area contributed by atoms with Crippen LogP contribution in [0.2, 0.25) is 0 Å². The topological polar surface area (TPSA) is 64.7 Å². The number of amides is 3. The first kappa shape index (κ1) is 18.1. The Labute approximate surface area is 144 Å². The van der Waals surface area contributed by atoms with Crippen molar-refractivity contribution >= 4 is 23.3 Å². The third kappa shape index (κ3) is 5.44. The number of anilines is 2. The molecule has 0 aliphatic carbocycles. The molecule has 2 rings (SSSR count). The highest BCUT2D eigenvalue weighted by Crippen LogP contribution is 2.19. The van der Waals surface area contributed by atoms with E-state index in [-0.39, 0.29) is 11.9 Å². The lowest BCUT2D eigenvalue weighted by molar-refractivity contribution is -0.114. The van der Waals surface area contributed by atoms with Crippen molar-refractivity contribution in [3.63, 3.8) is 0 Å². The van der Waals surface area contributed by atoms with Gasteiger partial charge in [-0.15, -0.1) is 0 Å². The monoisotopic (exact) mass is 332 g/mol. The lowest BCUT2D eigenvalue weighted by Crippen LogP contribution is -2.52. The number of nitrogens with zero attached hydrogens (tertiary/aromatic N) is 2. The minimum atomic E-state index is -0.0682. The molecule has 1 aliphatic heterocycles. The highest BCUT2D eigenvalue weighted by molar-refractivity contribution is 5.88. The van der Waals surface area contributed by atoms with Gasteiger partial charge in [-0.05, 0) is 30.7 Å². The van der Waals surface area contributed by atoms with Gasteiger partial charge in [0.25, 0.3) is 0 Å². The van der Waals surface area contributed by atoms with Crippen LogP contribution in [0.4, 0.5) is 16.2 Å². The van der Waals surface area contributed by atoms with E-state index >= 15 is 0 Å².